The van der Waals surface area contributed by atoms with E-state index in [1.54, 1.807) is 17.0 Å². The van der Waals surface area contributed by atoms with Gasteiger partial charge < -0.3 is 14.6 Å². The number of benzene rings is 1. The lowest BCUT2D eigenvalue weighted by Crippen LogP contribution is -2.52. The molecule has 1 amide bonds. The number of pyridine rings is 1. The van der Waals surface area contributed by atoms with Crippen molar-refractivity contribution in [2.24, 2.45) is 7.05 Å². The third-order valence-corrected chi connectivity index (χ3v) is 6.60. The third kappa shape index (κ3) is 4.28. The first-order chi connectivity index (χ1) is 16.5. The molecule has 1 atom stereocenters. The van der Waals surface area contributed by atoms with Gasteiger partial charge in [-0.15, -0.1) is 0 Å². The second kappa shape index (κ2) is 9.30. The maximum Gasteiger partial charge on any atom is 0.252 e. The fraction of sp³-hybridized carbons (Fsp3) is 0.346. The number of aromatic nitrogens is 3. The van der Waals surface area contributed by atoms with Crippen molar-refractivity contribution in [2.45, 2.75) is 19.9 Å². The number of piperazine rings is 1. The van der Waals surface area contributed by atoms with Crippen molar-refractivity contribution in [3.05, 3.63) is 66.1 Å². The van der Waals surface area contributed by atoms with Crippen LogP contribution in [0.25, 0.3) is 22.5 Å². The third-order valence-electron chi connectivity index (χ3n) is 6.60. The number of rotatable bonds is 6. The number of nitrogens with zero attached hydrogens (tertiary/aromatic N) is 5. The minimum absolute atomic E-state index is 0.119. The van der Waals surface area contributed by atoms with Crippen molar-refractivity contribution in [2.75, 3.05) is 37.6 Å². The Hall–Kier alpha value is -3.65. The van der Waals surface area contributed by atoms with Gasteiger partial charge in [-0.1, -0.05) is 18.2 Å². The molecule has 4 heterocycles. The minimum atomic E-state index is -0.119. The quantitative estimate of drug-likeness (QED) is 0.477. The van der Waals surface area contributed by atoms with Crippen LogP contribution < -0.4 is 10.2 Å². The Morgan fingerprint density at radius 2 is 1.88 bits per heavy atom. The number of amides is 1. The molecule has 1 fully saturated rings. The van der Waals surface area contributed by atoms with Gasteiger partial charge in [0.15, 0.2) is 11.4 Å². The van der Waals surface area contributed by atoms with Gasteiger partial charge in [0, 0.05) is 51.5 Å². The van der Waals surface area contributed by atoms with Crippen molar-refractivity contribution in [3.8, 4) is 11.5 Å². The lowest BCUT2D eigenvalue weighted by atomic mass is 10.1. The first-order valence-corrected chi connectivity index (χ1v) is 11.7. The number of carbonyl (C=O) groups excluding carboxylic acids is 1. The molecule has 1 aromatic carbocycles. The van der Waals surface area contributed by atoms with Crippen LogP contribution in [0.1, 0.15) is 23.0 Å². The summed E-state index contributed by atoms with van der Waals surface area (Å²) in [6.45, 7) is 8.55. The summed E-state index contributed by atoms with van der Waals surface area (Å²) in [6.07, 6.45) is 1.61. The lowest BCUT2D eigenvalue weighted by Gasteiger charge is -2.39. The molecule has 5 rings (SSSR count). The Labute approximate surface area is 199 Å². The van der Waals surface area contributed by atoms with Gasteiger partial charge >= 0.3 is 0 Å². The van der Waals surface area contributed by atoms with Crippen LogP contribution in [0.2, 0.25) is 0 Å². The van der Waals surface area contributed by atoms with E-state index in [1.807, 2.05) is 32.2 Å². The van der Waals surface area contributed by atoms with Crippen LogP contribution in [0.4, 0.5) is 5.69 Å². The van der Waals surface area contributed by atoms with Crippen LogP contribution in [0.3, 0.4) is 0 Å². The molecule has 0 saturated carbocycles. The van der Waals surface area contributed by atoms with Gasteiger partial charge in [-0.05, 0) is 44.2 Å². The summed E-state index contributed by atoms with van der Waals surface area (Å²) in [5.74, 6) is 0.505. The monoisotopic (exact) mass is 458 g/mol. The van der Waals surface area contributed by atoms with Gasteiger partial charge in [0.1, 0.15) is 5.69 Å². The van der Waals surface area contributed by atoms with Crippen molar-refractivity contribution in [1.29, 1.82) is 0 Å². The summed E-state index contributed by atoms with van der Waals surface area (Å²) in [7, 11) is 1.84. The van der Waals surface area contributed by atoms with E-state index in [-0.39, 0.29) is 11.9 Å². The number of aryl methyl sites for hydroxylation is 2. The first kappa shape index (κ1) is 22.2. The fourth-order valence-electron chi connectivity index (χ4n) is 4.70. The molecule has 1 saturated heterocycles. The second-order valence-electron chi connectivity index (χ2n) is 8.86. The van der Waals surface area contributed by atoms with Crippen molar-refractivity contribution >= 4 is 22.6 Å². The second-order valence-corrected chi connectivity index (χ2v) is 8.86. The molecule has 0 spiro atoms. The summed E-state index contributed by atoms with van der Waals surface area (Å²) in [6, 6.07) is 16.2. The van der Waals surface area contributed by atoms with Gasteiger partial charge in [0.25, 0.3) is 5.91 Å². The molecule has 1 unspecified atom stereocenters. The molecule has 0 radical (unpaired) electrons. The molecule has 3 aromatic heterocycles. The van der Waals surface area contributed by atoms with E-state index in [0.29, 0.717) is 29.2 Å². The maximum absolute atomic E-state index is 13.3. The van der Waals surface area contributed by atoms with Crippen LogP contribution in [0.15, 0.2) is 59.2 Å². The van der Waals surface area contributed by atoms with Crippen LogP contribution in [-0.4, -0.2) is 64.3 Å². The molecule has 0 aliphatic carbocycles. The van der Waals surface area contributed by atoms with Gasteiger partial charge in [0.05, 0.1) is 22.9 Å². The number of nitrogens with one attached hydrogen (secondary N) is 1. The smallest absolute Gasteiger partial charge is 0.252 e. The number of carbonyl (C=O) groups is 1. The predicted octanol–water partition coefficient (Wildman–Crippen LogP) is 3.48. The van der Waals surface area contributed by atoms with Crippen molar-refractivity contribution in [3.63, 3.8) is 0 Å². The highest BCUT2D eigenvalue weighted by atomic mass is 16.3. The largest absolute Gasteiger partial charge is 0.463 e. The molecule has 1 N–H and O–H groups in total. The van der Waals surface area contributed by atoms with E-state index in [9.17, 15) is 4.79 Å². The van der Waals surface area contributed by atoms with Crippen molar-refractivity contribution < 1.29 is 9.21 Å². The number of furan rings is 1. The highest BCUT2D eigenvalue weighted by Crippen LogP contribution is 2.27. The molecule has 1 aliphatic heterocycles. The zero-order valence-electron chi connectivity index (χ0n) is 19.9. The number of hydrogen-bond donors (Lipinski definition) is 1. The highest BCUT2D eigenvalue weighted by molar-refractivity contribution is 6.07. The van der Waals surface area contributed by atoms with Gasteiger partial charge in [-0.2, -0.15) is 5.10 Å². The number of fused-ring (bicyclic) bond motifs is 1. The molecule has 4 aromatic rings. The molecular weight excluding hydrogens is 428 g/mol. The lowest BCUT2D eigenvalue weighted by molar-refractivity contribution is 0.0936. The van der Waals surface area contributed by atoms with E-state index in [1.165, 1.54) is 5.69 Å². The Balaban J connectivity index is 1.28. The first-order valence-electron chi connectivity index (χ1n) is 11.7. The highest BCUT2D eigenvalue weighted by Gasteiger charge is 2.23. The summed E-state index contributed by atoms with van der Waals surface area (Å²) in [5.41, 5.74) is 3.91. The van der Waals surface area contributed by atoms with E-state index in [2.05, 4.69) is 51.4 Å². The van der Waals surface area contributed by atoms with E-state index in [0.717, 1.165) is 37.3 Å². The van der Waals surface area contributed by atoms with Crippen LogP contribution >= 0.6 is 0 Å². The minimum Gasteiger partial charge on any atom is -0.463 e. The molecule has 1 aliphatic rings. The number of para-hydroxylation sites is 1. The zero-order chi connectivity index (χ0) is 23.7. The Morgan fingerprint density at radius 1 is 1.12 bits per heavy atom. The number of hydrogen-bond acceptors (Lipinski definition) is 6. The van der Waals surface area contributed by atoms with E-state index in [4.69, 9.17) is 9.40 Å². The average Bonchev–Trinajstić information content (AvgIpc) is 3.51. The maximum atomic E-state index is 13.3. The van der Waals surface area contributed by atoms with Gasteiger partial charge in [0.2, 0.25) is 0 Å². The van der Waals surface area contributed by atoms with Crippen LogP contribution in [-0.2, 0) is 7.05 Å². The van der Waals surface area contributed by atoms with Gasteiger partial charge in [-0.25, -0.2) is 4.98 Å². The topological polar surface area (TPSA) is 79.4 Å². The molecule has 0 bridgehead atoms. The zero-order valence-corrected chi connectivity index (χ0v) is 19.9. The average molecular weight is 459 g/mol. The molecule has 8 heteroatoms. The molecule has 176 valence electrons. The van der Waals surface area contributed by atoms with Gasteiger partial charge in [-0.3, -0.25) is 14.4 Å². The summed E-state index contributed by atoms with van der Waals surface area (Å²) < 4.78 is 7.24. The standard InChI is InChI=1S/C26H30N6O2/c1-18(31-11-13-32(14-12-31)20-8-5-4-6-9-20)17-27-26(33)21-16-22(23-10-7-15-34-23)28-25-24(21)19(2)29-30(25)3/h4-10,15-16,18H,11-14,17H2,1-3H3,(H,27,33). The SMILES string of the molecule is Cc1nn(C)c2nc(-c3ccco3)cc(C(=O)NCC(C)N3CCN(c4ccccc4)CC3)c12. The van der Waals surface area contributed by atoms with Crippen LogP contribution in [0.5, 0.6) is 0 Å². The molecule has 8 nitrogen and oxygen atoms in total. The van der Waals surface area contributed by atoms with Crippen LogP contribution in [0, 0.1) is 6.92 Å². The summed E-state index contributed by atoms with van der Waals surface area (Å²) in [4.78, 5) is 22.9. The molecule has 34 heavy (non-hydrogen) atoms. The molecular formula is C26H30N6O2. The predicted molar refractivity (Wildman–Crippen MR) is 133 cm³/mol. The summed E-state index contributed by atoms with van der Waals surface area (Å²) in [5, 5.41) is 8.41. The fourth-order valence-corrected chi connectivity index (χ4v) is 4.70. The normalized spacial score (nSPS) is 15.6. The Bertz CT molecular complexity index is 1270. The van der Waals surface area contributed by atoms with E-state index < -0.39 is 0 Å². The summed E-state index contributed by atoms with van der Waals surface area (Å²) >= 11 is 0. The number of anilines is 1. The Kier molecular flexibility index (Phi) is 6.06. The van der Waals surface area contributed by atoms with Crippen molar-refractivity contribution in [1.82, 2.24) is 25.0 Å². The van der Waals surface area contributed by atoms with E-state index >= 15 is 0 Å². The Morgan fingerprint density at radius 3 is 2.59 bits per heavy atom.